The van der Waals surface area contributed by atoms with E-state index in [-0.39, 0.29) is 36.2 Å². The van der Waals surface area contributed by atoms with E-state index in [0.29, 0.717) is 24.5 Å². The van der Waals surface area contributed by atoms with Crippen molar-refractivity contribution >= 4 is 42.5 Å². The second kappa shape index (κ2) is 11.7. The monoisotopic (exact) mass is 445 g/mol. The summed E-state index contributed by atoms with van der Waals surface area (Å²) < 4.78 is 12.9. The number of halogens is 3. The highest BCUT2D eigenvalue weighted by molar-refractivity contribution is 7.98. The lowest BCUT2D eigenvalue weighted by Crippen LogP contribution is -2.18. The molecule has 2 aromatic heterocycles. The van der Waals surface area contributed by atoms with Gasteiger partial charge in [0.25, 0.3) is 5.56 Å². The average molecular weight is 446 g/mol. The second-order valence-corrected chi connectivity index (χ2v) is 6.95. The van der Waals surface area contributed by atoms with Gasteiger partial charge in [0.15, 0.2) is 0 Å². The van der Waals surface area contributed by atoms with Crippen molar-refractivity contribution in [3.8, 4) is 0 Å². The Hall–Kier alpha value is -2.03. The second-order valence-electron chi connectivity index (χ2n) is 5.84. The largest absolute Gasteiger partial charge is 0.355 e. The van der Waals surface area contributed by atoms with E-state index in [1.165, 1.54) is 12.1 Å². The molecule has 6 nitrogen and oxygen atoms in total. The molecule has 0 aliphatic carbocycles. The Labute approximate surface area is 179 Å². The molecule has 2 heterocycles. The third-order valence-corrected chi connectivity index (χ3v) is 4.86. The normalized spacial score (nSPS) is 10.1. The zero-order valence-corrected chi connectivity index (χ0v) is 17.6. The van der Waals surface area contributed by atoms with Gasteiger partial charge in [0.1, 0.15) is 5.82 Å². The fourth-order valence-electron chi connectivity index (χ4n) is 2.40. The number of aryl methyl sites for hydroxylation is 1. The predicted octanol–water partition coefficient (Wildman–Crippen LogP) is 3.72. The van der Waals surface area contributed by atoms with Crippen LogP contribution in [-0.2, 0) is 12.2 Å². The molecule has 28 heavy (non-hydrogen) atoms. The van der Waals surface area contributed by atoms with Gasteiger partial charge in [0.2, 0.25) is 5.95 Å². The molecule has 0 aliphatic rings. The Kier molecular flexibility index (Phi) is 10.1. The van der Waals surface area contributed by atoms with E-state index in [2.05, 4.69) is 25.3 Å². The number of anilines is 1. The summed E-state index contributed by atoms with van der Waals surface area (Å²) in [6.45, 7) is 2.69. The maximum absolute atomic E-state index is 12.9. The summed E-state index contributed by atoms with van der Waals surface area (Å²) in [5.74, 6) is 1.88. The first-order valence-electron chi connectivity index (χ1n) is 8.25. The van der Waals surface area contributed by atoms with Gasteiger partial charge in [-0.05, 0) is 24.6 Å². The van der Waals surface area contributed by atoms with E-state index < -0.39 is 0 Å². The van der Waals surface area contributed by atoms with Crippen molar-refractivity contribution in [2.75, 3.05) is 17.6 Å². The number of aromatic nitrogens is 4. The van der Waals surface area contributed by atoms with Crippen LogP contribution in [0.25, 0.3) is 0 Å². The molecule has 10 heteroatoms. The zero-order chi connectivity index (χ0) is 18.4. The summed E-state index contributed by atoms with van der Waals surface area (Å²) in [5.41, 5.74) is 3.38. The lowest BCUT2D eigenvalue weighted by atomic mass is 10.1. The lowest BCUT2D eigenvalue weighted by Gasteiger charge is -2.06. The third-order valence-electron chi connectivity index (χ3n) is 3.89. The van der Waals surface area contributed by atoms with Crippen LogP contribution in [-0.4, -0.2) is 32.2 Å². The van der Waals surface area contributed by atoms with E-state index in [1.54, 1.807) is 36.4 Å². The van der Waals surface area contributed by atoms with Crippen molar-refractivity contribution in [2.45, 2.75) is 19.1 Å². The van der Waals surface area contributed by atoms with Gasteiger partial charge >= 0.3 is 0 Å². The number of nitrogens with one attached hydrogen (secondary N) is 3. The Bertz CT molecular complexity index is 917. The SMILES string of the molecule is Cc1[nH]cnc1CSCCNc1ncc(Cc2ccc(F)cc2)c(=O)[nH]1.Cl.Cl. The van der Waals surface area contributed by atoms with Crippen LogP contribution in [0.3, 0.4) is 0 Å². The summed E-state index contributed by atoms with van der Waals surface area (Å²) in [5, 5.41) is 3.11. The third kappa shape index (κ3) is 6.85. The Morgan fingerprint density at radius 1 is 1.18 bits per heavy atom. The van der Waals surface area contributed by atoms with Gasteiger partial charge in [-0.1, -0.05) is 12.1 Å². The maximum atomic E-state index is 12.9. The summed E-state index contributed by atoms with van der Waals surface area (Å²) >= 11 is 1.76. The van der Waals surface area contributed by atoms with Crippen LogP contribution in [0.1, 0.15) is 22.5 Å². The van der Waals surface area contributed by atoms with E-state index in [9.17, 15) is 9.18 Å². The molecular formula is C18H22Cl2FN5OS. The van der Waals surface area contributed by atoms with Crippen molar-refractivity contribution in [3.05, 3.63) is 75.5 Å². The van der Waals surface area contributed by atoms with E-state index >= 15 is 0 Å². The molecule has 0 saturated heterocycles. The van der Waals surface area contributed by atoms with Crippen LogP contribution < -0.4 is 10.9 Å². The number of nitrogens with zero attached hydrogens (tertiary/aromatic N) is 2. The van der Waals surface area contributed by atoms with E-state index in [4.69, 9.17) is 0 Å². The van der Waals surface area contributed by atoms with Crippen molar-refractivity contribution < 1.29 is 4.39 Å². The molecule has 1 aromatic carbocycles. The number of imidazole rings is 1. The highest BCUT2D eigenvalue weighted by atomic mass is 35.5. The van der Waals surface area contributed by atoms with Crippen LogP contribution in [0.15, 0.2) is 41.6 Å². The Balaban J connectivity index is 0.00000196. The Morgan fingerprint density at radius 2 is 1.93 bits per heavy atom. The number of rotatable bonds is 8. The summed E-state index contributed by atoms with van der Waals surface area (Å²) in [7, 11) is 0. The molecule has 0 atom stereocenters. The van der Waals surface area contributed by atoms with Crippen molar-refractivity contribution in [3.63, 3.8) is 0 Å². The average Bonchev–Trinajstić information content (AvgIpc) is 3.04. The lowest BCUT2D eigenvalue weighted by molar-refractivity contribution is 0.627. The molecule has 152 valence electrons. The standard InChI is InChI=1S/C18H20FN5OS.2ClH/c1-12-16(23-11-22-12)10-26-7-6-20-18-21-9-14(17(25)24-18)8-13-2-4-15(19)5-3-13;;/h2-5,9,11H,6-8,10H2,1H3,(H,22,23)(H2,20,21,24,25);2*1H. The molecule has 3 aromatic rings. The van der Waals surface area contributed by atoms with Crippen LogP contribution in [0, 0.1) is 12.7 Å². The zero-order valence-electron chi connectivity index (χ0n) is 15.2. The molecule has 0 bridgehead atoms. The number of hydrogen-bond donors (Lipinski definition) is 3. The highest BCUT2D eigenvalue weighted by Gasteiger charge is 2.05. The van der Waals surface area contributed by atoms with Gasteiger partial charge in [0, 0.05) is 41.9 Å². The van der Waals surface area contributed by atoms with Crippen molar-refractivity contribution in [2.24, 2.45) is 0 Å². The number of hydrogen-bond acceptors (Lipinski definition) is 5. The molecule has 3 N–H and O–H groups in total. The quantitative estimate of drug-likeness (QED) is 0.460. The van der Waals surface area contributed by atoms with Gasteiger partial charge in [-0.2, -0.15) is 11.8 Å². The molecule has 0 unspecified atom stereocenters. The number of benzene rings is 1. The number of thioether (sulfide) groups is 1. The van der Waals surface area contributed by atoms with Crippen LogP contribution in [0.4, 0.5) is 10.3 Å². The summed E-state index contributed by atoms with van der Waals surface area (Å²) in [4.78, 5) is 26.5. The Morgan fingerprint density at radius 3 is 2.57 bits per heavy atom. The molecular weight excluding hydrogens is 424 g/mol. The van der Waals surface area contributed by atoms with Gasteiger partial charge in [0.05, 0.1) is 12.0 Å². The maximum Gasteiger partial charge on any atom is 0.255 e. The first kappa shape index (κ1) is 24.0. The molecule has 0 saturated carbocycles. The summed E-state index contributed by atoms with van der Waals surface area (Å²) in [6.07, 6.45) is 3.68. The fraction of sp³-hybridized carbons (Fsp3) is 0.278. The van der Waals surface area contributed by atoms with Gasteiger partial charge < -0.3 is 10.3 Å². The van der Waals surface area contributed by atoms with Gasteiger partial charge in [-0.15, -0.1) is 24.8 Å². The minimum atomic E-state index is -0.291. The van der Waals surface area contributed by atoms with Crippen LogP contribution in [0.5, 0.6) is 0 Å². The highest BCUT2D eigenvalue weighted by Crippen LogP contribution is 2.12. The van der Waals surface area contributed by atoms with E-state index in [0.717, 1.165) is 28.5 Å². The fourth-order valence-corrected chi connectivity index (χ4v) is 3.28. The van der Waals surface area contributed by atoms with Crippen LogP contribution in [0.2, 0.25) is 0 Å². The first-order chi connectivity index (χ1) is 12.6. The number of H-pyrrole nitrogens is 2. The minimum absolute atomic E-state index is 0. The van der Waals surface area contributed by atoms with Gasteiger partial charge in [-0.25, -0.2) is 14.4 Å². The van der Waals surface area contributed by atoms with E-state index in [1.807, 2.05) is 6.92 Å². The molecule has 0 aliphatic heterocycles. The minimum Gasteiger partial charge on any atom is -0.355 e. The molecule has 0 fully saturated rings. The molecule has 0 amide bonds. The summed E-state index contributed by atoms with van der Waals surface area (Å²) in [6, 6.07) is 6.10. The molecule has 0 spiro atoms. The topological polar surface area (TPSA) is 86.5 Å². The van der Waals surface area contributed by atoms with Crippen LogP contribution >= 0.6 is 36.6 Å². The van der Waals surface area contributed by atoms with Gasteiger partial charge in [-0.3, -0.25) is 9.78 Å². The smallest absolute Gasteiger partial charge is 0.255 e. The first-order valence-corrected chi connectivity index (χ1v) is 9.40. The number of aromatic amines is 2. The molecule has 3 rings (SSSR count). The predicted molar refractivity (Wildman–Crippen MR) is 117 cm³/mol. The van der Waals surface area contributed by atoms with Crippen molar-refractivity contribution in [1.29, 1.82) is 0 Å². The molecule has 0 radical (unpaired) electrons. The van der Waals surface area contributed by atoms with Crippen molar-refractivity contribution in [1.82, 2.24) is 19.9 Å².